The van der Waals surface area contributed by atoms with Crippen LogP contribution in [-0.4, -0.2) is 36.9 Å². The topological polar surface area (TPSA) is 117 Å². The fraction of sp³-hybridized carbons (Fsp3) is 0.231. The van der Waals surface area contributed by atoms with E-state index in [1.165, 1.54) is 0 Å². The highest BCUT2D eigenvalue weighted by molar-refractivity contribution is 6.08. The summed E-state index contributed by atoms with van der Waals surface area (Å²) < 4.78 is 61.2. The first-order valence-electron chi connectivity index (χ1n) is 25.7. The molecule has 386 valence electrons. The fourth-order valence-electron chi connectivity index (χ4n) is 9.49. The summed E-state index contributed by atoms with van der Waals surface area (Å²) in [6.07, 6.45) is -1.88. The van der Waals surface area contributed by atoms with Crippen LogP contribution in [0, 0.1) is 11.8 Å². The standard InChI is InChI=1S/C65H60O11/c1-43-44(2)59-56(75-45(43)3)42-74-64(66)52-34-54(68-36-46-22-10-4-11-23-46)60(70-38-48-26-14-6-15-27-48)62(72-40-50-30-18-8-19-31-50)57(52)58-53(65(67)76-59)35-55(69-37-47-24-12-5-13-25-47)61(71-39-49-28-16-7-17-29-49)63(58)73-41-51-32-20-9-21-33-51/h4-35,43-45,56,59H,36-42H2,1-3H3/t43-,44+,45?,56?,59?/m0/s1. The lowest BCUT2D eigenvalue weighted by Gasteiger charge is -2.42. The van der Waals surface area contributed by atoms with Gasteiger partial charge in [0.05, 0.1) is 17.2 Å². The van der Waals surface area contributed by atoms with Gasteiger partial charge in [-0.1, -0.05) is 196 Å². The Hall–Kier alpha value is -8.54. The molecule has 76 heavy (non-hydrogen) atoms. The van der Waals surface area contributed by atoms with Crippen LogP contribution in [0.2, 0.25) is 0 Å². The quantitative estimate of drug-likeness (QED) is 0.0765. The Labute approximate surface area is 443 Å². The van der Waals surface area contributed by atoms with Crippen molar-refractivity contribution >= 4 is 11.9 Å². The fourth-order valence-corrected chi connectivity index (χ4v) is 9.49. The molecule has 0 aromatic heterocycles. The second-order valence-electron chi connectivity index (χ2n) is 19.1. The average Bonchev–Trinajstić information content (AvgIpc) is 3.58. The smallest absolute Gasteiger partial charge is 0.339 e. The van der Waals surface area contributed by atoms with Crippen LogP contribution in [0.5, 0.6) is 34.5 Å². The molecule has 0 radical (unpaired) electrons. The number of hydrogen-bond donors (Lipinski definition) is 0. The maximum Gasteiger partial charge on any atom is 0.339 e. The summed E-state index contributed by atoms with van der Waals surface area (Å²) in [5.41, 5.74) is 5.31. The minimum Gasteiger partial charge on any atom is -0.485 e. The Bertz CT molecular complexity index is 3190. The summed E-state index contributed by atoms with van der Waals surface area (Å²) in [6.45, 7) is 6.21. The van der Waals surface area contributed by atoms with Crippen LogP contribution in [-0.2, 0) is 53.9 Å². The van der Waals surface area contributed by atoms with Gasteiger partial charge in [-0.05, 0) is 58.4 Å². The zero-order chi connectivity index (χ0) is 52.2. The number of ether oxygens (including phenoxy) is 9. The zero-order valence-electron chi connectivity index (χ0n) is 42.8. The molecule has 0 aliphatic carbocycles. The molecule has 0 amide bonds. The lowest BCUT2D eigenvalue weighted by atomic mass is 9.82. The molecule has 2 aliphatic rings. The molecule has 0 spiro atoms. The van der Waals surface area contributed by atoms with E-state index in [0.717, 1.165) is 33.4 Å². The molecule has 0 saturated carbocycles. The summed E-state index contributed by atoms with van der Waals surface area (Å²) >= 11 is 0. The highest BCUT2D eigenvalue weighted by Crippen LogP contribution is 2.56. The molecule has 1 saturated heterocycles. The van der Waals surface area contributed by atoms with Crippen LogP contribution in [0.25, 0.3) is 11.1 Å². The molecule has 3 unspecified atom stereocenters. The zero-order valence-corrected chi connectivity index (χ0v) is 42.8. The van der Waals surface area contributed by atoms with Gasteiger partial charge in [0.1, 0.15) is 58.5 Å². The van der Waals surface area contributed by atoms with Crippen molar-refractivity contribution in [1.29, 1.82) is 0 Å². The van der Waals surface area contributed by atoms with E-state index >= 15 is 9.59 Å². The Morgan fingerprint density at radius 3 is 1.07 bits per heavy atom. The number of carbonyl (C=O) groups excluding carboxylic acids is 2. The van der Waals surface area contributed by atoms with Crippen molar-refractivity contribution in [2.24, 2.45) is 11.8 Å². The van der Waals surface area contributed by atoms with E-state index in [2.05, 4.69) is 6.92 Å². The van der Waals surface area contributed by atoms with E-state index in [1.54, 1.807) is 12.1 Å². The maximum atomic E-state index is 15.8. The molecule has 10 rings (SSSR count). The number of carbonyl (C=O) groups is 2. The summed E-state index contributed by atoms with van der Waals surface area (Å²) in [5, 5.41) is 0. The highest BCUT2D eigenvalue weighted by Gasteiger charge is 2.45. The predicted molar refractivity (Wildman–Crippen MR) is 289 cm³/mol. The van der Waals surface area contributed by atoms with Crippen LogP contribution in [0.1, 0.15) is 74.9 Å². The van der Waals surface area contributed by atoms with Crippen molar-refractivity contribution in [3.8, 4) is 45.6 Å². The van der Waals surface area contributed by atoms with Crippen LogP contribution in [0.4, 0.5) is 0 Å². The molecule has 2 heterocycles. The Morgan fingerprint density at radius 1 is 0.395 bits per heavy atom. The molecule has 11 nitrogen and oxygen atoms in total. The van der Waals surface area contributed by atoms with Crippen molar-refractivity contribution < 1.29 is 52.2 Å². The van der Waals surface area contributed by atoms with Crippen molar-refractivity contribution in [3.63, 3.8) is 0 Å². The maximum absolute atomic E-state index is 15.8. The van der Waals surface area contributed by atoms with Gasteiger partial charge in [0.25, 0.3) is 0 Å². The van der Waals surface area contributed by atoms with Gasteiger partial charge in [0.15, 0.2) is 23.0 Å². The second kappa shape index (κ2) is 24.2. The van der Waals surface area contributed by atoms with Crippen molar-refractivity contribution in [2.75, 3.05) is 6.61 Å². The van der Waals surface area contributed by atoms with Gasteiger partial charge >= 0.3 is 11.9 Å². The van der Waals surface area contributed by atoms with Crippen LogP contribution in [0.15, 0.2) is 194 Å². The van der Waals surface area contributed by atoms with Gasteiger partial charge in [-0.2, -0.15) is 0 Å². The third-order valence-corrected chi connectivity index (χ3v) is 13.9. The van der Waals surface area contributed by atoms with E-state index in [-0.39, 0.29) is 121 Å². The Balaban J connectivity index is 1.28. The van der Waals surface area contributed by atoms with Crippen LogP contribution in [0.3, 0.4) is 0 Å². The minimum atomic E-state index is -0.833. The number of cyclic esters (lactones) is 1. The third-order valence-electron chi connectivity index (χ3n) is 13.9. The molecule has 0 N–H and O–H groups in total. The van der Waals surface area contributed by atoms with E-state index in [9.17, 15) is 0 Å². The number of fused-ring (bicyclic) bond motifs is 4. The Morgan fingerprint density at radius 2 is 0.711 bits per heavy atom. The minimum absolute atomic E-state index is 0.00267. The van der Waals surface area contributed by atoms with Gasteiger partial charge in [0, 0.05) is 17.0 Å². The number of hydrogen-bond acceptors (Lipinski definition) is 11. The Kier molecular flexibility index (Phi) is 16.2. The molecule has 1 fully saturated rings. The molecule has 11 heteroatoms. The van der Waals surface area contributed by atoms with Gasteiger partial charge in [0.2, 0.25) is 11.5 Å². The normalized spacial score (nSPS) is 18.0. The summed E-state index contributed by atoms with van der Waals surface area (Å²) in [5.74, 6) is -0.843. The summed E-state index contributed by atoms with van der Waals surface area (Å²) in [6, 6.07) is 61.3. The van der Waals surface area contributed by atoms with E-state index in [1.807, 2.05) is 196 Å². The molecule has 8 aromatic carbocycles. The summed E-state index contributed by atoms with van der Waals surface area (Å²) in [7, 11) is 0. The number of esters is 2. The van der Waals surface area contributed by atoms with Gasteiger partial charge < -0.3 is 42.6 Å². The van der Waals surface area contributed by atoms with Crippen LogP contribution >= 0.6 is 0 Å². The van der Waals surface area contributed by atoms with Gasteiger partial charge in [-0.25, -0.2) is 9.59 Å². The van der Waals surface area contributed by atoms with Crippen molar-refractivity contribution in [3.05, 3.63) is 239 Å². The van der Waals surface area contributed by atoms with Crippen molar-refractivity contribution in [2.45, 2.75) is 78.7 Å². The third kappa shape index (κ3) is 12.0. The molecular formula is C65H60O11. The molecule has 5 atom stereocenters. The number of rotatable bonds is 18. The highest BCUT2D eigenvalue weighted by atomic mass is 16.6. The van der Waals surface area contributed by atoms with Crippen molar-refractivity contribution in [1.82, 2.24) is 0 Å². The molecule has 0 bridgehead atoms. The predicted octanol–water partition coefficient (Wildman–Crippen LogP) is 13.6. The molecule has 8 aromatic rings. The molecular weight excluding hydrogens is 957 g/mol. The van der Waals surface area contributed by atoms with E-state index in [4.69, 9.17) is 42.6 Å². The largest absolute Gasteiger partial charge is 0.485 e. The second-order valence-corrected chi connectivity index (χ2v) is 19.1. The van der Waals surface area contributed by atoms with Gasteiger partial charge in [-0.15, -0.1) is 0 Å². The lowest BCUT2D eigenvalue weighted by molar-refractivity contribution is -0.176. The van der Waals surface area contributed by atoms with E-state index < -0.39 is 24.1 Å². The summed E-state index contributed by atoms with van der Waals surface area (Å²) in [4.78, 5) is 31.4. The van der Waals surface area contributed by atoms with Gasteiger partial charge in [-0.3, -0.25) is 0 Å². The molecule has 2 aliphatic heterocycles. The first-order valence-corrected chi connectivity index (χ1v) is 25.7. The lowest BCUT2D eigenvalue weighted by Crippen LogP contribution is -2.52. The van der Waals surface area contributed by atoms with E-state index in [0.29, 0.717) is 0 Å². The first-order chi connectivity index (χ1) is 37.3. The number of benzene rings is 8. The monoisotopic (exact) mass is 1020 g/mol. The van der Waals surface area contributed by atoms with Crippen LogP contribution < -0.4 is 28.4 Å². The average molecular weight is 1020 g/mol. The first kappa shape index (κ1) is 51.0. The SMILES string of the molecule is CC1OC2COC(=O)c3cc(OCc4ccccc4)c(OCc4ccccc4)c(OCc4ccccc4)c3-c3c(cc(OCc4ccccc4)c(OCc4ccccc4)c3OCc3ccccc3)C(=O)OC2[C@H](C)[C@@H]1C.